The number of para-hydroxylation sites is 1. The first-order valence-corrected chi connectivity index (χ1v) is 11.8. The Balaban J connectivity index is 1.43. The van der Waals surface area contributed by atoms with Crippen LogP contribution < -0.4 is 14.4 Å². The van der Waals surface area contributed by atoms with E-state index in [2.05, 4.69) is 5.32 Å². The van der Waals surface area contributed by atoms with Crippen LogP contribution in [0.3, 0.4) is 0 Å². The van der Waals surface area contributed by atoms with Gasteiger partial charge in [0.15, 0.2) is 0 Å². The second kappa shape index (κ2) is 8.06. The Kier molecular flexibility index (Phi) is 5.50. The largest absolute Gasteiger partial charge is 0.457 e. The van der Waals surface area contributed by atoms with Gasteiger partial charge >= 0.3 is 0 Å². The molecule has 2 aromatic carbocycles. The molecule has 2 bridgehead atoms. The number of nitrogens with one attached hydrogen (secondary N) is 1. The quantitative estimate of drug-likeness (QED) is 0.752. The van der Waals surface area contributed by atoms with Crippen molar-refractivity contribution < 1.29 is 17.9 Å². The van der Waals surface area contributed by atoms with Gasteiger partial charge in [-0.15, -0.1) is 0 Å². The fourth-order valence-electron chi connectivity index (χ4n) is 4.51. The predicted molar refractivity (Wildman–Crippen MR) is 113 cm³/mol. The predicted octanol–water partition coefficient (Wildman–Crippen LogP) is 3.55. The lowest BCUT2D eigenvalue weighted by Crippen LogP contribution is -2.45. The topological polar surface area (TPSA) is 75.7 Å². The fourth-order valence-corrected chi connectivity index (χ4v) is 5.37. The highest BCUT2D eigenvalue weighted by Crippen LogP contribution is 2.44. The molecule has 0 aromatic heterocycles. The number of benzene rings is 2. The third kappa shape index (κ3) is 4.72. The highest BCUT2D eigenvalue weighted by atomic mass is 32.2. The minimum atomic E-state index is -3.60. The summed E-state index contributed by atoms with van der Waals surface area (Å²) in [6.45, 7) is -0.217. The number of amides is 1. The normalized spacial score (nSPS) is 23.0. The van der Waals surface area contributed by atoms with E-state index in [1.54, 1.807) is 24.3 Å². The number of sulfonamides is 1. The van der Waals surface area contributed by atoms with Gasteiger partial charge in [0, 0.05) is 6.04 Å². The Hall–Kier alpha value is -2.54. The summed E-state index contributed by atoms with van der Waals surface area (Å²) >= 11 is 0. The van der Waals surface area contributed by atoms with Crippen molar-refractivity contribution in [2.24, 2.45) is 11.8 Å². The summed E-state index contributed by atoms with van der Waals surface area (Å²) in [5.41, 5.74) is 0.441. The van der Waals surface area contributed by atoms with E-state index in [9.17, 15) is 13.2 Å². The van der Waals surface area contributed by atoms with Crippen molar-refractivity contribution in [3.8, 4) is 11.5 Å². The van der Waals surface area contributed by atoms with Crippen LogP contribution in [0.15, 0.2) is 54.6 Å². The Morgan fingerprint density at radius 2 is 1.72 bits per heavy atom. The standard InChI is InChI=1S/C22H26N2O4S/c1-29(26,27)24(15-22(25)23-21-14-16-7-8-17(21)13-16)18-9-11-20(12-10-18)28-19-5-3-2-4-6-19/h2-6,9-12,16-17,21H,7-8,13-15H2,1H3,(H,23,25)/t16-,17-,21-/m1/s1. The minimum Gasteiger partial charge on any atom is -0.457 e. The smallest absolute Gasteiger partial charge is 0.241 e. The number of fused-ring (bicyclic) bond motifs is 2. The summed E-state index contributed by atoms with van der Waals surface area (Å²) in [6, 6.07) is 16.3. The van der Waals surface area contributed by atoms with Gasteiger partial charge in [-0.05, 0) is 67.5 Å². The van der Waals surface area contributed by atoms with Crippen LogP contribution in [0.4, 0.5) is 5.69 Å². The van der Waals surface area contributed by atoms with Gasteiger partial charge in [-0.1, -0.05) is 24.6 Å². The van der Waals surface area contributed by atoms with Crippen LogP contribution >= 0.6 is 0 Å². The SMILES string of the molecule is CS(=O)(=O)N(CC(=O)N[C@@H]1C[C@@H]2CC[C@@H]1C2)c1ccc(Oc2ccccc2)cc1. The number of hydrogen-bond donors (Lipinski definition) is 1. The lowest BCUT2D eigenvalue weighted by atomic mass is 9.95. The molecule has 0 aliphatic heterocycles. The number of hydrogen-bond acceptors (Lipinski definition) is 4. The van der Waals surface area contributed by atoms with Crippen molar-refractivity contribution in [2.75, 3.05) is 17.1 Å². The second-order valence-corrected chi connectivity index (χ2v) is 9.93. The molecule has 1 amide bonds. The average Bonchev–Trinajstić information content (AvgIpc) is 3.30. The molecule has 7 heteroatoms. The highest BCUT2D eigenvalue weighted by Gasteiger charge is 2.40. The molecule has 0 unspecified atom stereocenters. The van der Waals surface area contributed by atoms with E-state index < -0.39 is 10.0 Å². The first-order valence-electron chi connectivity index (χ1n) is 9.98. The number of ether oxygens (including phenoxy) is 1. The summed E-state index contributed by atoms with van der Waals surface area (Å²) < 4.78 is 31.5. The average molecular weight is 415 g/mol. The van der Waals surface area contributed by atoms with Gasteiger partial charge in [-0.25, -0.2) is 8.42 Å². The molecule has 2 aliphatic carbocycles. The van der Waals surface area contributed by atoms with E-state index in [1.807, 2.05) is 30.3 Å². The number of carbonyl (C=O) groups is 1. The summed E-state index contributed by atoms with van der Waals surface area (Å²) in [5.74, 6) is 2.31. The van der Waals surface area contributed by atoms with Crippen LogP contribution in [0.2, 0.25) is 0 Å². The molecule has 29 heavy (non-hydrogen) atoms. The van der Waals surface area contributed by atoms with Gasteiger partial charge in [-0.3, -0.25) is 9.10 Å². The first kappa shape index (κ1) is 19.8. The van der Waals surface area contributed by atoms with Crippen molar-refractivity contribution in [1.29, 1.82) is 0 Å². The molecule has 0 spiro atoms. The Morgan fingerprint density at radius 3 is 2.31 bits per heavy atom. The van der Waals surface area contributed by atoms with E-state index in [-0.39, 0.29) is 18.5 Å². The number of carbonyl (C=O) groups excluding carboxylic acids is 1. The van der Waals surface area contributed by atoms with E-state index in [0.29, 0.717) is 29.0 Å². The first-order chi connectivity index (χ1) is 13.9. The van der Waals surface area contributed by atoms with Crippen LogP contribution in [-0.2, 0) is 14.8 Å². The van der Waals surface area contributed by atoms with Gasteiger partial charge in [0.1, 0.15) is 18.0 Å². The van der Waals surface area contributed by atoms with Gasteiger partial charge in [0.25, 0.3) is 0 Å². The lowest BCUT2D eigenvalue weighted by Gasteiger charge is -2.26. The minimum absolute atomic E-state index is 0.185. The molecule has 2 saturated carbocycles. The van der Waals surface area contributed by atoms with Crippen molar-refractivity contribution in [3.63, 3.8) is 0 Å². The zero-order chi connectivity index (χ0) is 20.4. The van der Waals surface area contributed by atoms with Crippen LogP contribution in [0.25, 0.3) is 0 Å². The Labute approximate surface area is 171 Å². The maximum atomic E-state index is 12.6. The van der Waals surface area contributed by atoms with Crippen LogP contribution in [0, 0.1) is 11.8 Å². The summed E-state index contributed by atoms with van der Waals surface area (Å²) in [4.78, 5) is 12.6. The lowest BCUT2D eigenvalue weighted by molar-refractivity contribution is -0.120. The zero-order valence-corrected chi connectivity index (χ0v) is 17.3. The third-order valence-corrected chi connectivity index (χ3v) is 7.02. The maximum absolute atomic E-state index is 12.6. The van der Waals surface area contributed by atoms with E-state index >= 15 is 0 Å². The molecule has 2 fully saturated rings. The van der Waals surface area contributed by atoms with Gasteiger partial charge in [0.05, 0.1) is 11.9 Å². The molecular formula is C22H26N2O4S. The van der Waals surface area contributed by atoms with Crippen LogP contribution in [0.5, 0.6) is 11.5 Å². The molecular weight excluding hydrogens is 388 g/mol. The molecule has 1 N–H and O–H groups in total. The highest BCUT2D eigenvalue weighted by molar-refractivity contribution is 7.92. The maximum Gasteiger partial charge on any atom is 0.241 e. The number of rotatable bonds is 7. The Morgan fingerprint density at radius 1 is 1.03 bits per heavy atom. The third-order valence-electron chi connectivity index (χ3n) is 5.88. The molecule has 2 aliphatic rings. The number of nitrogens with zero attached hydrogens (tertiary/aromatic N) is 1. The van der Waals surface area contributed by atoms with Gasteiger partial charge in [0.2, 0.25) is 15.9 Å². The Bertz CT molecular complexity index is 960. The number of anilines is 1. The monoisotopic (exact) mass is 414 g/mol. The molecule has 0 saturated heterocycles. The van der Waals surface area contributed by atoms with Crippen molar-refractivity contribution in [3.05, 3.63) is 54.6 Å². The molecule has 2 aromatic rings. The molecule has 0 radical (unpaired) electrons. The van der Waals surface area contributed by atoms with Crippen molar-refractivity contribution in [1.82, 2.24) is 5.32 Å². The van der Waals surface area contributed by atoms with Gasteiger partial charge in [-0.2, -0.15) is 0 Å². The van der Waals surface area contributed by atoms with Gasteiger partial charge < -0.3 is 10.1 Å². The summed E-state index contributed by atoms with van der Waals surface area (Å²) in [7, 11) is -3.60. The van der Waals surface area contributed by atoms with Crippen LogP contribution in [0.1, 0.15) is 25.7 Å². The van der Waals surface area contributed by atoms with E-state index in [4.69, 9.17) is 4.74 Å². The molecule has 3 atom stereocenters. The fraction of sp³-hybridized carbons (Fsp3) is 0.409. The zero-order valence-electron chi connectivity index (χ0n) is 16.5. The molecule has 154 valence electrons. The molecule has 4 rings (SSSR count). The molecule has 0 heterocycles. The second-order valence-electron chi connectivity index (χ2n) is 8.03. The van der Waals surface area contributed by atoms with E-state index in [0.717, 1.165) is 23.4 Å². The van der Waals surface area contributed by atoms with E-state index in [1.165, 1.54) is 12.8 Å². The summed E-state index contributed by atoms with van der Waals surface area (Å²) in [6.07, 6.45) is 5.73. The van der Waals surface area contributed by atoms with Crippen molar-refractivity contribution in [2.45, 2.75) is 31.7 Å². The van der Waals surface area contributed by atoms with Crippen LogP contribution in [-0.4, -0.2) is 33.2 Å². The molecule has 6 nitrogen and oxygen atoms in total. The van der Waals surface area contributed by atoms with Crippen molar-refractivity contribution >= 4 is 21.6 Å². The summed E-state index contributed by atoms with van der Waals surface area (Å²) in [5, 5.41) is 3.06.